The van der Waals surface area contributed by atoms with Crippen molar-refractivity contribution in [2.75, 3.05) is 0 Å². The Morgan fingerprint density at radius 2 is 2.23 bits per heavy atom. The van der Waals surface area contributed by atoms with E-state index in [0.717, 1.165) is 0 Å². The van der Waals surface area contributed by atoms with Crippen LogP contribution in [0.4, 0.5) is 0 Å². The van der Waals surface area contributed by atoms with Gasteiger partial charge in [0, 0.05) is 35.8 Å². The maximum Gasteiger partial charge on any atom is 0.304 e. The van der Waals surface area contributed by atoms with Crippen molar-refractivity contribution in [3.8, 4) is 0 Å². The van der Waals surface area contributed by atoms with E-state index >= 15 is 0 Å². The van der Waals surface area contributed by atoms with Gasteiger partial charge < -0.3 is 5.11 Å². The van der Waals surface area contributed by atoms with E-state index in [4.69, 9.17) is 9.66 Å². The fourth-order valence-corrected chi connectivity index (χ4v) is 0.904. The molecule has 0 fully saturated rings. The van der Waals surface area contributed by atoms with Gasteiger partial charge in [-0.05, 0) is 12.1 Å². The summed E-state index contributed by atoms with van der Waals surface area (Å²) in [4.78, 5) is 3.71. The summed E-state index contributed by atoms with van der Waals surface area (Å²) >= 11 is -2.49. The first-order valence-electron chi connectivity index (χ1n) is 3.07. The Kier molecular flexibility index (Phi) is 6.70. The quantitative estimate of drug-likeness (QED) is 0.413. The van der Waals surface area contributed by atoms with Crippen molar-refractivity contribution in [3.63, 3.8) is 0 Å². The molecule has 67 valence electrons. The normalized spacial score (nSPS) is 14.3. The van der Waals surface area contributed by atoms with E-state index in [1.54, 1.807) is 12.1 Å². The second kappa shape index (κ2) is 6.61. The molecule has 2 unspecified atom stereocenters. The molecule has 0 aliphatic rings. The molecule has 2 atom stereocenters. The van der Waals surface area contributed by atoms with E-state index in [0.29, 0.717) is 0 Å². The molecule has 1 radical (unpaired) electrons. The number of aliphatic hydroxyl groups is 1. The Morgan fingerprint density at radius 3 is 2.69 bits per heavy atom. The Morgan fingerprint density at radius 1 is 1.54 bits per heavy atom. The number of rotatable bonds is 3. The van der Waals surface area contributed by atoms with Gasteiger partial charge in [0.2, 0.25) is 6.29 Å². The molecular formula is C6H7NNaO4S. The van der Waals surface area contributed by atoms with Crippen LogP contribution in [0.25, 0.3) is 0 Å². The Labute approximate surface area is 99.9 Å². The van der Waals surface area contributed by atoms with Crippen LogP contribution in [0.1, 0.15) is 12.0 Å². The van der Waals surface area contributed by atoms with Gasteiger partial charge in [-0.2, -0.15) is 4.21 Å². The Bertz CT molecular complexity index is 271. The van der Waals surface area contributed by atoms with Crippen LogP contribution in [0.15, 0.2) is 24.4 Å². The van der Waals surface area contributed by atoms with Crippen LogP contribution < -0.4 is 0 Å². The largest absolute Gasteiger partial charge is 0.362 e. The molecule has 0 spiro atoms. The van der Waals surface area contributed by atoms with Crippen molar-refractivity contribution in [2.24, 2.45) is 0 Å². The molecule has 0 aliphatic carbocycles. The summed E-state index contributed by atoms with van der Waals surface area (Å²) in [5.41, 5.74) is 0.194. The van der Waals surface area contributed by atoms with Crippen LogP contribution in [0.2, 0.25) is 0 Å². The van der Waals surface area contributed by atoms with Gasteiger partial charge in [-0.15, -0.1) is 0 Å². The van der Waals surface area contributed by atoms with Gasteiger partial charge in [-0.1, -0.05) is 6.07 Å². The van der Waals surface area contributed by atoms with Crippen LogP contribution in [0.5, 0.6) is 0 Å². The number of nitrogens with zero attached hydrogens (tertiary/aromatic N) is 1. The average molecular weight is 212 g/mol. The van der Waals surface area contributed by atoms with Crippen LogP contribution in [-0.4, -0.2) is 48.4 Å². The molecule has 5 nitrogen and oxygen atoms in total. The van der Waals surface area contributed by atoms with Crippen LogP contribution in [-0.2, 0) is 15.5 Å². The third kappa shape index (κ3) is 4.82. The van der Waals surface area contributed by atoms with E-state index in [1.165, 1.54) is 12.3 Å². The van der Waals surface area contributed by atoms with Crippen LogP contribution >= 0.6 is 0 Å². The molecule has 7 heteroatoms. The molecule has 0 amide bonds. The SMILES string of the molecule is O=S(O)OC(O)c1ccccn1.[Na]. The minimum Gasteiger partial charge on any atom is -0.362 e. The maximum absolute atomic E-state index is 10.1. The van der Waals surface area contributed by atoms with Crippen molar-refractivity contribution in [1.82, 2.24) is 4.98 Å². The number of pyridine rings is 1. The number of hydrogen-bond acceptors (Lipinski definition) is 4. The van der Waals surface area contributed by atoms with Crippen molar-refractivity contribution in [3.05, 3.63) is 30.1 Å². The van der Waals surface area contributed by atoms with Gasteiger partial charge in [-0.25, -0.2) is 4.18 Å². The second-order valence-electron chi connectivity index (χ2n) is 1.92. The number of aliphatic hydroxyl groups excluding tert-OH is 1. The first-order chi connectivity index (χ1) is 5.70. The van der Waals surface area contributed by atoms with Gasteiger partial charge in [0.1, 0.15) is 0 Å². The molecule has 1 aromatic rings. The maximum atomic E-state index is 10.1. The molecule has 1 aromatic heterocycles. The molecule has 0 bridgehead atoms. The molecule has 1 rings (SSSR count). The minimum absolute atomic E-state index is 0. The zero-order valence-electron chi connectivity index (χ0n) is 6.95. The summed E-state index contributed by atoms with van der Waals surface area (Å²) in [5.74, 6) is 0. The van der Waals surface area contributed by atoms with Gasteiger partial charge in [0.15, 0.2) is 0 Å². The molecule has 0 aromatic carbocycles. The van der Waals surface area contributed by atoms with Crippen molar-refractivity contribution < 1.29 is 18.1 Å². The summed E-state index contributed by atoms with van der Waals surface area (Å²) in [6.07, 6.45) is -0.0144. The molecule has 0 aliphatic heterocycles. The molecule has 2 N–H and O–H groups in total. The first kappa shape index (κ1) is 13.2. The van der Waals surface area contributed by atoms with Crippen LogP contribution in [0, 0.1) is 0 Å². The third-order valence-electron chi connectivity index (χ3n) is 1.11. The van der Waals surface area contributed by atoms with Gasteiger partial charge in [-0.3, -0.25) is 9.54 Å². The van der Waals surface area contributed by atoms with E-state index in [9.17, 15) is 4.21 Å². The van der Waals surface area contributed by atoms with E-state index < -0.39 is 17.7 Å². The first-order valence-corrected chi connectivity index (χ1v) is 4.10. The zero-order valence-corrected chi connectivity index (χ0v) is 9.77. The number of hydrogen-bond donors (Lipinski definition) is 2. The molecule has 13 heavy (non-hydrogen) atoms. The summed E-state index contributed by atoms with van der Waals surface area (Å²) in [6, 6.07) is 4.78. The topological polar surface area (TPSA) is 79.7 Å². The molecular weight excluding hydrogens is 205 g/mol. The second-order valence-corrected chi connectivity index (χ2v) is 2.55. The smallest absolute Gasteiger partial charge is 0.304 e. The van der Waals surface area contributed by atoms with Gasteiger partial charge >= 0.3 is 11.4 Å². The predicted molar refractivity (Wildman–Crippen MR) is 46.8 cm³/mol. The fourth-order valence-electron chi connectivity index (χ4n) is 0.649. The summed E-state index contributed by atoms with van der Waals surface area (Å²) < 4.78 is 22.5. The van der Waals surface area contributed by atoms with Crippen molar-refractivity contribution in [1.29, 1.82) is 0 Å². The zero-order chi connectivity index (χ0) is 8.97. The van der Waals surface area contributed by atoms with Gasteiger partial charge in [0.25, 0.3) is 0 Å². The minimum atomic E-state index is -2.49. The third-order valence-corrected chi connectivity index (χ3v) is 1.46. The summed E-state index contributed by atoms with van der Waals surface area (Å²) in [6.45, 7) is 0. The Balaban J connectivity index is 0.00000144. The molecule has 0 saturated carbocycles. The average Bonchev–Trinajstić information content (AvgIpc) is 2.05. The fraction of sp³-hybridized carbons (Fsp3) is 0.167. The monoisotopic (exact) mass is 212 g/mol. The van der Waals surface area contributed by atoms with Crippen molar-refractivity contribution in [2.45, 2.75) is 6.29 Å². The van der Waals surface area contributed by atoms with E-state index in [1.807, 2.05) is 0 Å². The van der Waals surface area contributed by atoms with Crippen LogP contribution in [0.3, 0.4) is 0 Å². The molecule has 1 heterocycles. The summed E-state index contributed by atoms with van der Waals surface area (Å²) in [7, 11) is 0. The van der Waals surface area contributed by atoms with E-state index in [2.05, 4.69) is 9.17 Å². The molecule has 0 saturated heterocycles. The Hall–Kier alpha value is 0.180. The number of aromatic nitrogens is 1. The van der Waals surface area contributed by atoms with E-state index in [-0.39, 0.29) is 35.3 Å². The predicted octanol–water partition coefficient (Wildman–Crippen LogP) is -0.155. The van der Waals surface area contributed by atoms with Crippen molar-refractivity contribution >= 4 is 40.9 Å². The van der Waals surface area contributed by atoms with Gasteiger partial charge in [0.05, 0.1) is 5.69 Å². The standard InChI is InChI=1S/C6H7NO4S.Na/c8-6(11-12(9)10)5-3-1-2-4-7-5;/h1-4,6,8H,(H,9,10);. The summed E-state index contributed by atoms with van der Waals surface area (Å²) in [5, 5.41) is 9.05.